The number of nitrogens with zero attached hydrogens (tertiary/aromatic N) is 2. The molecular weight excluding hydrogens is 393 g/mol. The fraction of sp³-hybridized carbons (Fsp3) is 0.625. The molecule has 0 saturated carbocycles. The van der Waals surface area contributed by atoms with Gasteiger partial charge in [0.15, 0.2) is 0 Å². The van der Waals surface area contributed by atoms with Gasteiger partial charge < -0.3 is 5.11 Å². The first-order valence-electron chi connectivity index (χ1n) is 8.26. The monoisotopic (exact) mass is 414 g/mol. The van der Waals surface area contributed by atoms with Crippen LogP contribution in [-0.2, 0) is 16.2 Å². The van der Waals surface area contributed by atoms with E-state index >= 15 is 0 Å². The van der Waals surface area contributed by atoms with Crippen molar-refractivity contribution in [2.45, 2.75) is 43.5 Å². The zero-order valence-electron chi connectivity index (χ0n) is 14.5. The largest absolute Gasteiger partial charge is 0.417 e. The molecule has 1 heterocycles. The average molecular weight is 415 g/mol. The molecule has 0 radical (unpaired) electrons. The van der Waals surface area contributed by atoms with Crippen molar-refractivity contribution < 1.29 is 26.7 Å². The molecule has 2 unspecified atom stereocenters. The van der Waals surface area contributed by atoms with Crippen molar-refractivity contribution in [2.75, 3.05) is 26.2 Å². The maximum absolute atomic E-state index is 13.3. The third kappa shape index (κ3) is 4.51. The van der Waals surface area contributed by atoms with Gasteiger partial charge in [0.2, 0.25) is 10.0 Å². The maximum atomic E-state index is 13.3. The number of sulfonamides is 1. The SMILES string of the molecule is CCC1CN(S(=O)(=O)c2c(Cl)cccc2C(F)(F)F)CCN1CC(C)O. The highest BCUT2D eigenvalue weighted by Gasteiger charge is 2.42. The van der Waals surface area contributed by atoms with Crippen molar-refractivity contribution in [3.63, 3.8) is 0 Å². The smallest absolute Gasteiger partial charge is 0.392 e. The highest BCUT2D eigenvalue weighted by atomic mass is 35.5. The molecule has 1 aliphatic heterocycles. The number of alkyl halides is 3. The molecule has 10 heteroatoms. The van der Waals surface area contributed by atoms with Crippen molar-refractivity contribution in [2.24, 2.45) is 0 Å². The number of hydrogen-bond acceptors (Lipinski definition) is 4. The van der Waals surface area contributed by atoms with Crippen LogP contribution in [0.3, 0.4) is 0 Å². The summed E-state index contributed by atoms with van der Waals surface area (Å²) in [5, 5.41) is 9.12. The van der Waals surface area contributed by atoms with Crippen LogP contribution >= 0.6 is 11.6 Å². The summed E-state index contributed by atoms with van der Waals surface area (Å²) in [5.74, 6) is 0. The van der Waals surface area contributed by atoms with Crippen LogP contribution in [-0.4, -0.2) is 61.1 Å². The Labute approximate surface area is 156 Å². The first kappa shape index (κ1) is 21.4. The van der Waals surface area contributed by atoms with E-state index in [1.54, 1.807) is 6.92 Å². The predicted octanol–water partition coefficient (Wildman–Crippen LogP) is 2.82. The lowest BCUT2D eigenvalue weighted by atomic mass is 10.1. The van der Waals surface area contributed by atoms with Gasteiger partial charge in [-0.3, -0.25) is 4.90 Å². The van der Waals surface area contributed by atoms with Crippen LogP contribution in [0, 0.1) is 0 Å². The van der Waals surface area contributed by atoms with Crippen LogP contribution in [0.5, 0.6) is 0 Å². The summed E-state index contributed by atoms with van der Waals surface area (Å²) in [6.45, 7) is 4.30. The van der Waals surface area contributed by atoms with Gasteiger partial charge in [-0.15, -0.1) is 0 Å². The number of benzene rings is 1. The normalized spacial score (nSPS) is 21.7. The zero-order chi connectivity index (χ0) is 19.7. The average Bonchev–Trinajstić information content (AvgIpc) is 2.53. The summed E-state index contributed by atoms with van der Waals surface area (Å²) in [4.78, 5) is 1.06. The number of β-amino-alcohol motifs (C(OH)–C–C–N with tert-alkyl or cyclic N) is 1. The Kier molecular flexibility index (Phi) is 6.61. The van der Waals surface area contributed by atoms with Gasteiger partial charge in [-0.25, -0.2) is 8.42 Å². The highest BCUT2D eigenvalue weighted by molar-refractivity contribution is 7.89. The summed E-state index contributed by atoms with van der Waals surface area (Å²) in [7, 11) is -4.41. The summed E-state index contributed by atoms with van der Waals surface area (Å²) in [6.07, 6.45) is -4.80. The molecule has 26 heavy (non-hydrogen) atoms. The quantitative estimate of drug-likeness (QED) is 0.804. The van der Waals surface area contributed by atoms with E-state index in [1.807, 2.05) is 11.8 Å². The van der Waals surface area contributed by atoms with Gasteiger partial charge in [0.1, 0.15) is 4.90 Å². The van der Waals surface area contributed by atoms with E-state index in [0.717, 1.165) is 22.5 Å². The second-order valence-electron chi connectivity index (χ2n) is 6.38. The maximum Gasteiger partial charge on any atom is 0.417 e. The van der Waals surface area contributed by atoms with Crippen LogP contribution in [0.15, 0.2) is 23.1 Å². The molecule has 1 saturated heterocycles. The van der Waals surface area contributed by atoms with E-state index in [9.17, 15) is 26.7 Å². The Bertz CT molecular complexity index is 741. The third-order valence-corrected chi connectivity index (χ3v) is 6.80. The molecule has 0 spiro atoms. The summed E-state index contributed by atoms with van der Waals surface area (Å²) < 4.78 is 66.8. The van der Waals surface area contributed by atoms with Gasteiger partial charge in [0.05, 0.1) is 16.7 Å². The van der Waals surface area contributed by atoms with Crippen molar-refractivity contribution in [1.82, 2.24) is 9.21 Å². The minimum Gasteiger partial charge on any atom is -0.392 e. The molecule has 2 atom stereocenters. The number of hydrogen-bond donors (Lipinski definition) is 1. The van der Waals surface area contributed by atoms with Crippen LogP contribution in [0.1, 0.15) is 25.8 Å². The second-order valence-corrected chi connectivity index (χ2v) is 8.67. The Hall–Kier alpha value is -0.870. The molecule has 0 aliphatic carbocycles. The van der Waals surface area contributed by atoms with E-state index in [0.29, 0.717) is 19.5 Å². The van der Waals surface area contributed by atoms with Crippen LogP contribution in [0.2, 0.25) is 5.02 Å². The molecule has 148 valence electrons. The van der Waals surface area contributed by atoms with Gasteiger partial charge in [-0.1, -0.05) is 24.6 Å². The Morgan fingerprint density at radius 1 is 1.35 bits per heavy atom. The molecule has 1 aliphatic rings. The zero-order valence-corrected chi connectivity index (χ0v) is 16.1. The number of aliphatic hydroxyl groups is 1. The lowest BCUT2D eigenvalue weighted by Crippen LogP contribution is -2.55. The second kappa shape index (κ2) is 8.02. The van der Waals surface area contributed by atoms with E-state index in [2.05, 4.69) is 0 Å². The van der Waals surface area contributed by atoms with Crippen molar-refractivity contribution in [3.05, 3.63) is 28.8 Å². The summed E-state index contributed by atoms with van der Waals surface area (Å²) in [5.41, 5.74) is -1.26. The van der Waals surface area contributed by atoms with Crippen LogP contribution < -0.4 is 0 Å². The van der Waals surface area contributed by atoms with Crippen LogP contribution in [0.25, 0.3) is 0 Å². The first-order valence-corrected chi connectivity index (χ1v) is 10.1. The predicted molar refractivity (Wildman–Crippen MR) is 92.5 cm³/mol. The van der Waals surface area contributed by atoms with E-state index in [-0.39, 0.29) is 19.1 Å². The van der Waals surface area contributed by atoms with Crippen molar-refractivity contribution >= 4 is 21.6 Å². The van der Waals surface area contributed by atoms with E-state index in [4.69, 9.17) is 11.6 Å². The highest BCUT2D eigenvalue weighted by Crippen LogP contribution is 2.39. The Morgan fingerprint density at radius 2 is 2.00 bits per heavy atom. The van der Waals surface area contributed by atoms with Gasteiger partial charge >= 0.3 is 6.18 Å². The lowest BCUT2D eigenvalue weighted by molar-refractivity contribution is -0.139. The van der Waals surface area contributed by atoms with Crippen LogP contribution in [0.4, 0.5) is 13.2 Å². The standard InChI is InChI=1S/C16H22ClF3N2O3S/c1-3-12-10-22(8-7-21(12)9-11(2)23)26(24,25)15-13(16(18,19)20)5-4-6-14(15)17/h4-6,11-12,23H,3,7-10H2,1-2H3. The molecule has 2 rings (SSSR count). The number of piperazine rings is 1. The molecular formula is C16H22ClF3N2O3S. The van der Waals surface area contributed by atoms with Crippen molar-refractivity contribution in [1.29, 1.82) is 0 Å². The first-order chi connectivity index (χ1) is 12.0. The Morgan fingerprint density at radius 3 is 2.54 bits per heavy atom. The number of aliphatic hydroxyl groups excluding tert-OH is 1. The minimum absolute atomic E-state index is 0.0358. The molecule has 0 aromatic heterocycles. The molecule has 1 N–H and O–H groups in total. The van der Waals surface area contributed by atoms with Gasteiger partial charge in [-0.05, 0) is 25.5 Å². The van der Waals surface area contributed by atoms with E-state index in [1.165, 1.54) is 0 Å². The van der Waals surface area contributed by atoms with Crippen molar-refractivity contribution in [3.8, 4) is 0 Å². The van der Waals surface area contributed by atoms with Gasteiger partial charge in [-0.2, -0.15) is 17.5 Å². The van der Waals surface area contributed by atoms with E-state index < -0.39 is 37.8 Å². The topological polar surface area (TPSA) is 60.9 Å². The molecule has 0 bridgehead atoms. The third-order valence-electron chi connectivity index (χ3n) is 4.41. The molecule has 1 aromatic rings. The molecule has 0 amide bonds. The van der Waals surface area contributed by atoms with Gasteiger partial charge in [0.25, 0.3) is 0 Å². The molecule has 1 fully saturated rings. The lowest BCUT2D eigenvalue weighted by Gasteiger charge is -2.41. The molecule has 5 nitrogen and oxygen atoms in total. The van der Waals surface area contributed by atoms with Gasteiger partial charge in [0, 0.05) is 32.2 Å². The fourth-order valence-electron chi connectivity index (χ4n) is 3.17. The summed E-state index contributed by atoms with van der Waals surface area (Å²) in [6, 6.07) is 2.76. The fourth-order valence-corrected chi connectivity index (χ4v) is 5.36. The minimum atomic E-state index is -4.83. The summed E-state index contributed by atoms with van der Waals surface area (Å²) >= 11 is 5.86. The number of halogens is 4. The molecule has 1 aromatic carbocycles. The Balaban J connectivity index is 2.38. The number of rotatable bonds is 5.